The summed E-state index contributed by atoms with van der Waals surface area (Å²) in [6.45, 7) is 4.07. The number of halogens is 2. The molecule has 0 radical (unpaired) electrons. The Bertz CT molecular complexity index is 1200. The van der Waals surface area contributed by atoms with Gasteiger partial charge in [0.05, 0.1) is 12.2 Å². The number of hydrogen-bond acceptors (Lipinski definition) is 2. The molecule has 0 aliphatic carbocycles. The summed E-state index contributed by atoms with van der Waals surface area (Å²) in [5, 5.41) is 3.49. The Labute approximate surface area is 179 Å². The van der Waals surface area contributed by atoms with Crippen LogP contribution >= 0.6 is 0 Å². The maximum Gasteiger partial charge on any atom is 0.737 e. The van der Waals surface area contributed by atoms with Crippen LogP contribution in [0.2, 0.25) is 0 Å². The fourth-order valence-electron chi connectivity index (χ4n) is 4.66. The van der Waals surface area contributed by atoms with Crippen LogP contribution in [0.25, 0.3) is 16.0 Å². The molecule has 0 bridgehead atoms. The lowest BCUT2D eigenvalue weighted by Gasteiger charge is -2.34. The molecule has 0 fully saturated rings. The molecule has 6 nitrogen and oxygen atoms in total. The first-order valence-corrected chi connectivity index (χ1v) is 10.3. The van der Waals surface area contributed by atoms with Gasteiger partial charge in [0.1, 0.15) is 11.5 Å². The number of rotatable bonds is 6. The highest BCUT2D eigenvalue weighted by Crippen LogP contribution is 2.44. The quantitative estimate of drug-likeness (QED) is 0.196. The SMILES string of the molecule is CC1=CC(C)=[N+]2C1=C(c1ccc(OCCCN=[N+]=[N-])cc1)c1c(C)cc(C)n1[B-]2(F)F. The minimum atomic E-state index is -3.97. The number of aryl methyl sites for hydroxylation is 2. The maximum absolute atomic E-state index is 15.6. The average molecular weight is 423 g/mol. The zero-order valence-electron chi connectivity index (χ0n) is 18.1. The second-order valence-electron chi connectivity index (χ2n) is 8.02. The molecule has 0 saturated carbocycles. The van der Waals surface area contributed by atoms with E-state index in [0.717, 1.165) is 22.3 Å². The van der Waals surface area contributed by atoms with Crippen molar-refractivity contribution >= 4 is 18.3 Å². The number of hydrogen-bond donors (Lipinski definition) is 0. The second kappa shape index (κ2) is 7.74. The van der Waals surface area contributed by atoms with Crippen LogP contribution in [0, 0.1) is 13.8 Å². The number of benzene rings is 1. The van der Waals surface area contributed by atoms with E-state index in [1.165, 1.54) is 8.96 Å². The lowest BCUT2D eigenvalue weighted by atomic mass is 9.84. The molecule has 1 aromatic carbocycles. The second-order valence-corrected chi connectivity index (χ2v) is 8.02. The monoisotopic (exact) mass is 423 g/mol. The van der Waals surface area contributed by atoms with E-state index in [1.807, 2.05) is 50.3 Å². The van der Waals surface area contributed by atoms with Gasteiger partial charge in [0.15, 0.2) is 5.70 Å². The highest BCUT2D eigenvalue weighted by atomic mass is 19.2. The topological polar surface area (TPSA) is 65.9 Å². The Kier molecular flexibility index (Phi) is 5.23. The highest BCUT2D eigenvalue weighted by Gasteiger charge is 2.55. The van der Waals surface area contributed by atoms with E-state index < -0.39 is 6.97 Å². The predicted octanol–water partition coefficient (Wildman–Crippen LogP) is 5.61. The van der Waals surface area contributed by atoms with Crippen LogP contribution in [-0.2, 0) is 0 Å². The summed E-state index contributed by atoms with van der Waals surface area (Å²) in [6.07, 6.45) is 2.45. The minimum absolute atomic E-state index is 0.383. The zero-order chi connectivity index (χ0) is 22.3. The van der Waals surface area contributed by atoms with Crippen molar-refractivity contribution in [3.05, 3.63) is 80.6 Å². The van der Waals surface area contributed by atoms with Gasteiger partial charge >= 0.3 is 6.97 Å². The Morgan fingerprint density at radius 1 is 1.16 bits per heavy atom. The fraction of sp³-hybridized carbons (Fsp3) is 0.318. The van der Waals surface area contributed by atoms with Gasteiger partial charge in [-0.2, -0.15) is 0 Å². The third-order valence-corrected chi connectivity index (χ3v) is 5.81. The van der Waals surface area contributed by atoms with Crippen molar-refractivity contribution < 1.29 is 17.9 Å². The van der Waals surface area contributed by atoms with Crippen LogP contribution in [0.5, 0.6) is 5.75 Å². The van der Waals surface area contributed by atoms with Crippen molar-refractivity contribution in [1.29, 1.82) is 0 Å². The molecular formula is C22H24BF2N5O. The van der Waals surface area contributed by atoms with Gasteiger partial charge in [0.2, 0.25) is 0 Å². The molecule has 2 aliphatic heterocycles. The lowest BCUT2D eigenvalue weighted by molar-refractivity contribution is -0.363. The molecular weight excluding hydrogens is 399 g/mol. The molecule has 0 saturated heterocycles. The molecule has 2 aliphatic rings. The smallest absolute Gasteiger partial charge is 0.494 e. The molecule has 0 amide bonds. The Morgan fingerprint density at radius 3 is 2.55 bits per heavy atom. The Morgan fingerprint density at radius 2 is 1.87 bits per heavy atom. The number of azide groups is 1. The summed E-state index contributed by atoms with van der Waals surface area (Å²) in [7, 11) is 0. The molecule has 4 rings (SSSR count). The molecule has 9 heteroatoms. The van der Waals surface area contributed by atoms with Gasteiger partial charge in [0.25, 0.3) is 0 Å². The molecule has 160 valence electrons. The first-order chi connectivity index (χ1) is 14.8. The first kappa shape index (κ1) is 20.9. The van der Waals surface area contributed by atoms with Crippen LogP contribution < -0.4 is 4.74 Å². The van der Waals surface area contributed by atoms with Crippen molar-refractivity contribution in [2.24, 2.45) is 5.11 Å². The summed E-state index contributed by atoms with van der Waals surface area (Å²) in [5.74, 6) is 0.683. The van der Waals surface area contributed by atoms with Crippen LogP contribution in [-0.4, -0.2) is 34.8 Å². The van der Waals surface area contributed by atoms with Gasteiger partial charge in [0, 0.05) is 35.7 Å². The normalized spacial score (nSPS) is 16.6. The molecule has 31 heavy (non-hydrogen) atoms. The number of allylic oxidation sites excluding steroid dienone is 2. The number of nitrogens with zero attached hydrogens (tertiary/aromatic N) is 5. The van der Waals surface area contributed by atoms with E-state index in [1.54, 1.807) is 13.8 Å². The third kappa shape index (κ3) is 3.35. The van der Waals surface area contributed by atoms with Crippen molar-refractivity contribution in [3.8, 4) is 5.75 Å². The largest absolute Gasteiger partial charge is 0.737 e. The van der Waals surface area contributed by atoms with E-state index in [9.17, 15) is 0 Å². The van der Waals surface area contributed by atoms with E-state index in [-0.39, 0.29) is 0 Å². The minimum Gasteiger partial charge on any atom is -0.494 e. The van der Waals surface area contributed by atoms with Gasteiger partial charge in [-0.1, -0.05) is 17.2 Å². The van der Waals surface area contributed by atoms with Crippen molar-refractivity contribution in [2.45, 2.75) is 34.1 Å². The van der Waals surface area contributed by atoms with Gasteiger partial charge in [-0.25, -0.2) is 0 Å². The van der Waals surface area contributed by atoms with Crippen LogP contribution in [0.3, 0.4) is 0 Å². The molecule has 0 spiro atoms. The fourth-order valence-corrected chi connectivity index (χ4v) is 4.66. The average Bonchev–Trinajstić information content (AvgIpc) is 3.19. The van der Waals surface area contributed by atoms with Crippen LogP contribution in [0.15, 0.2) is 52.8 Å². The zero-order valence-corrected chi connectivity index (χ0v) is 18.1. The van der Waals surface area contributed by atoms with Crippen molar-refractivity contribution in [1.82, 2.24) is 4.48 Å². The van der Waals surface area contributed by atoms with Crippen LogP contribution in [0.1, 0.15) is 42.8 Å². The number of ether oxygens (including phenoxy) is 1. The van der Waals surface area contributed by atoms with Gasteiger partial charge in [-0.3, -0.25) is 0 Å². The maximum atomic E-state index is 15.6. The van der Waals surface area contributed by atoms with E-state index in [2.05, 4.69) is 10.0 Å². The number of fused-ring (bicyclic) bond motifs is 2. The standard InChI is InChI=1S/C22H24BF2N5O/c1-14-12-16(3)29-21(14)20(22-15(2)13-17(4)30(22)23(29,24)25)18-6-8-19(9-7-18)31-11-5-10-27-28-26/h6-9,12-13H,5,10-11H2,1-4H3. The Hall–Kier alpha value is -3.32. The summed E-state index contributed by atoms with van der Waals surface area (Å²) in [4.78, 5) is 2.72. The number of aromatic nitrogens is 1. The molecule has 0 atom stereocenters. The third-order valence-electron chi connectivity index (χ3n) is 5.81. The van der Waals surface area contributed by atoms with Gasteiger partial charge in [-0.05, 0) is 67.7 Å². The molecule has 0 unspecified atom stereocenters. The van der Waals surface area contributed by atoms with Crippen molar-refractivity contribution in [3.63, 3.8) is 0 Å². The summed E-state index contributed by atoms with van der Waals surface area (Å²) in [5.41, 5.74) is 13.9. The van der Waals surface area contributed by atoms with E-state index in [4.69, 9.17) is 10.3 Å². The lowest BCUT2D eigenvalue weighted by Crippen LogP contribution is -2.51. The van der Waals surface area contributed by atoms with Crippen LogP contribution in [0.4, 0.5) is 8.63 Å². The Balaban J connectivity index is 1.78. The van der Waals surface area contributed by atoms with E-state index >= 15 is 8.63 Å². The predicted molar refractivity (Wildman–Crippen MR) is 119 cm³/mol. The molecule has 3 heterocycles. The molecule has 1 aromatic heterocycles. The summed E-state index contributed by atoms with van der Waals surface area (Å²) >= 11 is 0. The highest BCUT2D eigenvalue weighted by molar-refractivity contribution is 6.58. The van der Waals surface area contributed by atoms with E-state index in [0.29, 0.717) is 48.1 Å². The molecule has 2 aromatic rings. The van der Waals surface area contributed by atoms with Gasteiger partial charge < -0.3 is 22.3 Å². The summed E-state index contributed by atoms with van der Waals surface area (Å²) < 4.78 is 39.4. The van der Waals surface area contributed by atoms with Crippen molar-refractivity contribution in [2.75, 3.05) is 13.2 Å². The van der Waals surface area contributed by atoms with Gasteiger partial charge in [-0.15, -0.1) is 0 Å². The summed E-state index contributed by atoms with van der Waals surface area (Å²) in [6, 6.07) is 9.33. The first-order valence-electron chi connectivity index (χ1n) is 10.3. The molecule has 0 N–H and O–H groups in total.